The average Bonchev–Trinajstić information content (AvgIpc) is 3.25. The lowest BCUT2D eigenvalue weighted by atomic mass is 9.97. The highest BCUT2D eigenvalue weighted by Gasteiger charge is 2.25. The van der Waals surface area contributed by atoms with Crippen molar-refractivity contribution >= 4 is 5.91 Å². The largest absolute Gasteiger partial charge is 0.376 e. The van der Waals surface area contributed by atoms with Gasteiger partial charge in [-0.1, -0.05) is 48.5 Å². The van der Waals surface area contributed by atoms with Crippen LogP contribution in [0.5, 0.6) is 0 Å². The molecule has 1 saturated heterocycles. The summed E-state index contributed by atoms with van der Waals surface area (Å²) in [5.74, 6) is 0.443. The summed E-state index contributed by atoms with van der Waals surface area (Å²) >= 11 is 0. The van der Waals surface area contributed by atoms with Gasteiger partial charge in [0.15, 0.2) is 5.69 Å². The van der Waals surface area contributed by atoms with Crippen molar-refractivity contribution < 1.29 is 9.53 Å². The Morgan fingerprint density at radius 3 is 2.39 bits per heavy atom. The Morgan fingerprint density at radius 1 is 1.00 bits per heavy atom. The van der Waals surface area contributed by atoms with Crippen LogP contribution in [0.15, 0.2) is 66.9 Å². The van der Waals surface area contributed by atoms with Crippen LogP contribution < -0.4 is 0 Å². The number of piperidine rings is 1. The molecule has 1 aromatic heterocycles. The lowest BCUT2D eigenvalue weighted by Gasteiger charge is -2.31. The molecule has 1 aliphatic heterocycles. The molecule has 0 N–H and O–H groups in total. The van der Waals surface area contributed by atoms with Crippen LogP contribution in [0.4, 0.5) is 0 Å². The first-order valence-electron chi connectivity index (χ1n) is 9.68. The van der Waals surface area contributed by atoms with Crippen LogP contribution in [0, 0.1) is 5.92 Å². The van der Waals surface area contributed by atoms with Gasteiger partial charge in [-0.25, -0.2) is 0 Å². The summed E-state index contributed by atoms with van der Waals surface area (Å²) < 4.78 is 5.86. The Hall–Kier alpha value is -2.99. The van der Waals surface area contributed by atoms with Crippen molar-refractivity contribution in [3.8, 4) is 5.69 Å². The van der Waals surface area contributed by atoms with E-state index in [1.807, 2.05) is 53.4 Å². The number of nitrogens with zero attached hydrogens (tertiary/aromatic N) is 4. The summed E-state index contributed by atoms with van der Waals surface area (Å²) in [4.78, 5) is 16.1. The summed E-state index contributed by atoms with van der Waals surface area (Å²) in [5.41, 5.74) is 2.43. The fourth-order valence-corrected chi connectivity index (χ4v) is 3.43. The molecular formula is C22H24N4O2. The monoisotopic (exact) mass is 376 g/mol. The third-order valence-electron chi connectivity index (χ3n) is 5.06. The van der Waals surface area contributed by atoms with E-state index >= 15 is 0 Å². The van der Waals surface area contributed by atoms with Crippen molar-refractivity contribution in [1.29, 1.82) is 0 Å². The van der Waals surface area contributed by atoms with Crippen molar-refractivity contribution in [3.63, 3.8) is 0 Å². The smallest absolute Gasteiger partial charge is 0.276 e. The number of para-hydroxylation sites is 1. The molecule has 0 unspecified atom stereocenters. The number of aromatic nitrogens is 3. The Morgan fingerprint density at radius 2 is 1.68 bits per heavy atom. The van der Waals surface area contributed by atoms with Crippen LogP contribution in [-0.4, -0.2) is 45.5 Å². The fraction of sp³-hybridized carbons (Fsp3) is 0.318. The van der Waals surface area contributed by atoms with Gasteiger partial charge >= 0.3 is 0 Å². The topological polar surface area (TPSA) is 60.2 Å². The van der Waals surface area contributed by atoms with Gasteiger partial charge in [-0.05, 0) is 36.5 Å². The fourth-order valence-electron chi connectivity index (χ4n) is 3.43. The highest BCUT2D eigenvalue weighted by atomic mass is 16.5. The van der Waals surface area contributed by atoms with E-state index in [9.17, 15) is 4.79 Å². The second-order valence-electron chi connectivity index (χ2n) is 7.09. The van der Waals surface area contributed by atoms with E-state index in [1.165, 1.54) is 10.4 Å². The van der Waals surface area contributed by atoms with Gasteiger partial charge in [0, 0.05) is 19.7 Å². The normalized spacial score (nSPS) is 14.9. The molecular weight excluding hydrogens is 352 g/mol. The van der Waals surface area contributed by atoms with Crippen LogP contribution >= 0.6 is 0 Å². The Kier molecular flexibility index (Phi) is 5.77. The first-order chi connectivity index (χ1) is 13.8. The van der Waals surface area contributed by atoms with Gasteiger partial charge in [-0.15, -0.1) is 5.10 Å². The minimum absolute atomic E-state index is 0.0502. The molecule has 0 saturated carbocycles. The number of carbonyl (C=O) groups excluding carboxylic acids is 1. The van der Waals surface area contributed by atoms with Crippen LogP contribution in [0.25, 0.3) is 5.69 Å². The van der Waals surface area contributed by atoms with Crippen LogP contribution in [0.2, 0.25) is 0 Å². The van der Waals surface area contributed by atoms with E-state index < -0.39 is 0 Å². The zero-order chi connectivity index (χ0) is 19.2. The number of likely N-dealkylation sites (tertiary alicyclic amines) is 1. The van der Waals surface area contributed by atoms with Crippen LogP contribution in [0.1, 0.15) is 28.9 Å². The predicted octanol–water partition coefficient (Wildman–Crippen LogP) is 3.34. The molecule has 0 atom stereocenters. The maximum Gasteiger partial charge on any atom is 0.276 e. The number of hydrogen-bond acceptors (Lipinski definition) is 4. The van der Waals surface area contributed by atoms with E-state index in [-0.39, 0.29) is 5.91 Å². The van der Waals surface area contributed by atoms with E-state index in [1.54, 1.807) is 6.20 Å². The number of ether oxygens (including phenoxy) is 1. The molecule has 0 bridgehead atoms. The van der Waals surface area contributed by atoms with Crippen molar-refractivity contribution in [2.75, 3.05) is 19.7 Å². The second-order valence-corrected chi connectivity index (χ2v) is 7.09. The number of amides is 1. The molecule has 144 valence electrons. The first-order valence-corrected chi connectivity index (χ1v) is 9.68. The van der Waals surface area contributed by atoms with E-state index in [0.29, 0.717) is 18.2 Å². The third-order valence-corrected chi connectivity index (χ3v) is 5.06. The molecule has 0 aliphatic carbocycles. The molecule has 0 radical (unpaired) electrons. The van der Waals surface area contributed by atoms with Gasteiger partial charge < -0.3 is 9.64 Å². The molecule has 2 aromatic carbocycles. The molecule has 1 aliphatic rings. The Bertz CT molecular complexity index is 887. The summed E-state index contributed by atoms with van der Waals surface area (Å²) in [5, 5.41) is 8.57. The number of hydrogen-bond donors (Lipinski definition) is 0. The Balaban J connectivity index is 1.26. The molecule has 28 heavy (non-hydrogen) atoms. The quantitative estimate of drug-likeness (QED) is 0.662. The van der Waals surface area contributed by atoms with Gasteiger partial charge in [0.05, 0.1) is 18.5 Å². The van der Waals surface area contributed by atoms with Gasteiger partial charge in [0.1, 0.15) is 0 Å². The maximum absolute atomic E-state index is 12.7. The first kappa shape index (κ1) is 18.4. The SMILES string of the molecule is O=C(c1cnn(-c2ccccc2)n1)N1CCC(COCc2ccccc2)CC1. The summed E-state index contributed by atoms with van der Waals surface area (Å²) in [6.45, 7) is 2.84. The zero-order valence-corrected chi connectivity index (χ0v) is 15.8. The van der Waals surface area contributed by atoms with Crippen LogP contribution in [-0.2, 0) is 11.3 Å². The lowest BCUT2D eigenvalue weighted by Crippen LogP contribution is -2.39. The molecule has 3 aromatic rings. The zero-order valence-electron chi connectivity index (χ0n) is 15.8. The van der Waals surface area contributed by atoms with Crippen molar-refractivity contribution in [2.24, 2.45) is 5.92 Å². The summed E-state index contributed by atoms with van der Waals surface area (Å²) in [6, 6.07) is 19.8. The number of rotatable bonds is 6. The highest BCUT2D eigenvalue weighted by molar-refractivity contribution is 5.92. The third kappa shape index (κ3) is 4.46. The molecule has 1 amide bonds. The van der Waals surface area contributed by atoms with E-state index in [2.05, 4.69) is 22.3 Å². The molecule has 6 nitrogen and oxygen atoms in total. The minimum atomic E-state index is -0.0502. The van der Waals surface area contributed by atoms with Crippen molar-refractivity contribution in [3.05, 3.63) is 78.1 Å². The highest BCUT2D eigenvalue weighted by Crippen LogP contribution is 2.19. The molecule has 0 spiro atoms. The maximum atomic E-state index is 12.7. The molecule has 1 fully saturated rings. The number of carbonyl (C=O) groups is 1. The van der Waals surface area contributed by atoms with Gasteiger partial charge in [0.25, 0.3) is 5.91 Å². The predicted molar refractivity (Wildman–Crippen MR) is 106 cm³/mol. The van der Waals surface area contributed by atoms with E-state index in [4.69, 9.17) is 4.74 Å². The molecule has 4 rings (SSSR count). The van der Waals surface area contributed by atoms with Gasteiger partial charge in [-0.2, -0.15) is 9.90 Å². The average molecular weight is 376 g/mol. The molecule has 6 heteroatoms. The standard InChI is InChI=1S/C22H24N4O2/c27-22(21-15-23-26(24-21)20-9-5-2-6-10-20)25-13-11-19(12-14-25)17-28-16-18-7-3-1-4-8-18/h1-10,15,19H,11-14,16-17H2. The van der Waals surface area contributed by atoms with Crippen molar-refractivity contribution in [1.82, 2.24) is 19.9 Å². The van der Waals surface area contributed by atoms with Crippen molar-refractivity contribution in [2.45, 2.75) is 19.4 Å². The number of benzene rings is 2. The van der Waals surface area contributed by atoms with Gasteiger partial charge in [-0.3, -0.25) is 4.79 Å². The minimum Gasteiger partial charge on any atom is -0.376 e. The summed E-state index contributed by atoms with van der Waals surface area (Å²) in [6.07, 6.45) is 3.45. The Labute approximate surface area is 164 Å². The summed E-state index contributed by atoms with van der Waals surface area (Å²) in [7, 11) is 0. The second kappa shape index (κ2) is 8.80. The van der Waals surface area contributed by atoms with Crippen LogP contribution in [0.3, 0.4) is 0 Å². The molecule has 2 heterocycles. The van der Waals surface area contributed by atoms with Gasteiger partial charge in [0.2, 0.25) is 0 Å². The lowest BCUT2D eigenvalue weighted by molar-refractivity contribution is 0.0475. The van der Waals surface area contributed by atoms with E-state index in [0.717, 1.165) is 38.2 Å².